The number of rotatable bonds is 5. The summed E-state index contributed by atoms with van der Waals surface area (Å²) in [7, 11) is 0. The highest BCUT2D eigenvalue weighted by atomic mass is 16.5. The van der Waals surface area contributed by atoms with Gasteiger partial charge in [0.05, 0.1) is 12.2 Å². The molecule has 3 nitrogen and oxygen atoms in total. The van der Waals surface area contributed by atoms with Crippen LogP contribution in [0.4, 0.5) is 0 Å². The van der Waals surface area contributed by atoms with Gasteiger partial charge in [0, 0.05) is 16.6 Å². The molecule has 19 heavy (non-hydrogen) atoms. The number of ether oxygens (including phenoxy) is 1. The molecular formula is C16H19NO2. The van der Waals surface area contributed by atoms with Gasteiger partial charge in [0.15, 0.2) is 0 Å². The minimum Gasteiger partial charge on any atom is -0.462 e. The first-order chi connectivity index (χ1) is 9.17. The molecule has 0 saturated carbocycles. The highest BCUT2D eigenvalue weighted by Crippen LogP contribution is 2.25. The van der Waals surface area contributed by atoms with E-state index in [0.717, 1.165) is 35.0 Å². The number of hydrogen-bond donors (Lipinski definition) is 1. The summed E-state index contributed by atoms with van der Waals surface area (Å²) in [5, 5.41) is 0.942. The summed E-state index contributed by atoms with van der Waals surface area (Å²) >= 11 is 0. The normalized spacial score (nSPS) is 10.6. The fourth-order valence-electron chi connectivity index (χ4n) is 2.23. The van der Waals surface area contributed by atoms with Crippen molar-refractivity contribution in [2.75, 3.05) is 6.61 Å². The van der Waals surface area contributed by atoms with Crippen LogP contribution in [0.1, 0.15) is 35.0 Å². The average molecular weight is 257 g/mol. The van der Waals surface area contributed by atoms with E-state index < -0.39 is 0 Å². The van der Waals surface area contributed by atoms with Crippen LogP contribution in [0, 0.1) is 6.92 Å². The van der Waals surface area contributed by atoms with Crippen LogP contribution in [0.3, 0.4) is 0 Å². The van der Waals surface area contributed by atoms with E-state index in [1.807, 2.05) is 38.1 Å². The second kappa shape index (κ2) is 5.74. The van der Waals surface area contributed by atoms with Crippen molar-refractivity contribution in [3.63, 3.8) is 0 Å². The standard InChI is InChI=1S/C16H19NO2/c1-4-6-7-14-15(16(18)19-5-2)12-10-11(3)8-9-13(12)17-14/h4,8-10,17H,1,5-7H2,2-3H3. The van der Waals surface area contributed by atoms with Crippen molar-refractivity contribution < 1.29 is 9.53 Å². The van der Waals surface area contributed by atoms with Gasteiger partial charge in [0.1, 0.15) is 0 Å². The molecule has 0 spiro atoms. The number of carbonyl (C=O) groups excluding carboxylic acids is 1. The van der Waals surface area contributed by atoms with E-state index in [1.165, 1.54) is 0 Å². The van der Waals surface area contributed by atoms with Crippen molar-refractivity contribution in [1.29, 1.82) is 0 Å². The Hall–Kier alpha value is -2.03. The lowest BCUT2D eigenvalue weighted by Gasteiger charge is -2.04. The number of H-pyrrole nitrogens is 1. The molecule has 100 valence electrons. The van der Waals surface area contributed by atoms with Gasteiger partial charge in [-0.3, -0.25) is 0 Å². The van der Waals surface area contributed by atoms with Gasteiger partial charge < -0.3 is 9.72 Å². The van der Waals surface area contributed by atoms with Gasteiger partial charge in [0.2, 0.25) is 0 Å². The zero-order chi connectivity index (χ0) is 13.8. The van der Waals surface area contributed by atoms with Crippen LogP contribution in [0.5, 0.6) is 0 Å². The Morgan fingerprint density at radius 1 is 1.47 bits per heavy atom. The first kappa shape index (κ1) is 13.4. The maximum Gasteiger partial charge on any atom is 0.340 e. The van der Waals surface area contributed by atoms with E-state index in [2.05, 4.69) is 11.6 Å². The third-order valence-electron chi connectivity index (χ3n) is 3.11. The number of fused-ring (bicyclic) bond motifs is 1. The summed E-state index contributed by atoms with van der Waals surface area (Å²) in [4.78, 5) is 15.5. The molecule has 2 aromatic rings. The van der Waals surface area contributed by atoms with Gasteiger partial charge in [-0.2, -0.15) is 0 Å². The molecule has 1 N–H and O–H groups in total. The molecule has 0 atom stereocenters. The van der Waals surface area contributed by atoms with Crippen LogP contribution < -0.4 is 0 Å². The maximum absolute atomic E-state index is 12.1. The van der Waals surface area contributed by atoms with Crippen molar-refractivity contribution in [2.24, 2.45) is 0 Å². The van der Waals surface area contributed by atoms with Crippen LogP contribution in [-0.2, 0) is 11.2 Å². The molecule has 1 heterocycles. The Balaban J connectivity index is 2.55. The molecule has 0 amide bonds. The summed E-state index contributed by atoms with van der Waals surface area (Å²) in [5.74, 6) is -0.251. The topological polar surface area (TPSA) is 42.1 Å². The summed E-state index contributed by atoms with van der Waals surface area (Å²) < 4.78 is 5.17. The highest BCUT2D eigenvalue weighted by Gasteiger charge is 2.19. The Bertz CT molecular complexity index is 610. The first-order valence-electron chi connectivity index (χ1n) is 6.56. The van der Waals surface area contributed by atoms with E-state index >= 15 is 0 Å². The number of aryl methyl sites for hydroxylation is 2. The molecule has 0 bridgehead atoms. The van der Waals surface area contributed by atoms with E-state index in [-0.39, 0.29) is 5.97 Å². The SMILES string of the molecule is C=CCCc1[nH]c2ccc(C)cc2c1C(=O)OCC. The fraction of sp³-hybridized carbons (Fsp3) is 0.312. The Morgan fingerprint density at radius 2 is 2.26 bits per heavy atom. The first-order valence-corrected chi connectivity index (χ1v) is 6.56. The number of aromatic nitrogens is 1. The van der Waals surface area contributed by atoms with Crippen molar-refractivity contribution in [1.82, 2.24) is 4.98 Å². The highest BCUT2D eigenvalue weighted by molar-refractivity contribution is 6.05. The zero-order valence-electron chi connectivity index (χ0n) is 11.5. The quantitative estimate of drug-likeness (QED) is 0.654. The smallest absolute Gasteiger partial charge is 0.340 e. The van der Waals surface area contributed by atoms with Crippen molar-refractivity contribution in [3.05, 3.63) is 47.7 Å². The molecule has 1 aromatic carbocycles. The van der Waals surface area contributed by atoms with Crippen LogP contribution >= 0.6 is 0 Å². The van der Waals surface area contributed by atoms with Crippen LogP contribution in [0.15, 0.2) is 30.9 Å². The third kappa shape index (κ3) is 2.70. The van der Waals surface area contributed by atoms with E-state index in [0.29, 0.717) is 12.2 Å². The zero-order valence-corrected chi connectivity index (χ0v) is 11.5. The Labute approximate surface area is 113 Å². The summed E-state index contributed by atoms with van der Waals surface area (Å²) in [6, 6.07) is 6.06. The molecular weight excluding hydrogens is 238 g/mol. The molecule has 0 fully saturated rings. The number of carbonyl (C=O) groups is 1. The van der Waals surface area contributed by atoms with E-state index in [1.54, 1.807) is 0 Å². The van der Waals surface area contributed by atoms with Crippen LogP contribution in [0.25, 0.3) is 10.9 Å². The minimum absolute atomic E-state index is 0.251. The lowest BCUT2D eigenvalue weighted by molar-refractivity contribution is 0.0527. The van der Waals surface area contributed by atoms with Gasteiger partial charge in [-0.25, -0.2) is 4.79 Å². The third-order valence-corrected chi connectivity index (χ3v) is 3.11. The number of allylic oxidation sites excluding steroid dienone is 1. The molecule has 3 heteroatoms. The van der Waals surface area contributed by atoms with Gasteiger partial charge >= 0.3 is 5.97 Å². The number of nitrogens with one attached hydrogen (secondary N) is 1. The molecule has 0 aliphatic carbocycles. The molecule has 1 aromatic heterocycles. The number of esters is 1. The fourth-order valence-corrected chi connectivity index (χ4v) is 2.23. The molecule has 0 unspecified atom stereocenters. The largest absolute Gasteiger partial charge is 0.462 e. The monoisotopic (exact) mass is 257 g/mol. The van der Waals surface area contributed by atoms with Crippen molar-refractivity contribution in [3.8, 4) is 0 Å². The molecule has 0 aliphatic rings. The van der Waals surface area contributed by atoms with Crippen LogP contribution in [0.2, 0.25) is 0 Å². The number of benzene rings is 1. The van der Waals surface area contributed by atoms with Gasteiger partial charge in [-0.15, -0.1) is 6.58 Å². The van der Waals surface area contributed by atoms with Gasteiger partial charge in [-0.1, -0.05) is 17.7 Å². The maximum atomic E-state index is 12.1. The molecule has 0 aliphatic heterocycles. The Morgan fingerprint density at radius 3 is 2.95 bits per heavy atom. The second-order valence-electron chi connectivity index (χ2n) is 4.58. The average Bonchev–Trinajstić information content (AvgIpc) is 2.74. The minimum atomic E-state index is -0.251. The summed E-state index contributed by atoms with van der Waals surface area (Å²) in [5.41, 5.74) is 3.71. The second-order valence-corrected chi connectivity index (χ2v) is 4.58. The summed E-state index contributed by atoms with van der Waals surface area (Å²) in [6.45, 7) is 7.95. The molecule has 0 saturated heterocycles. The van der Waals surface area contributed by atoms with E-state index in [4.69, 9.17) is 4.74 Å². The predicted octanol–water partition coefficient (Wildman–Crippen LogP) is 3.77. The molecule has 2 rings (SSSR count). The lowest BCUT2D eigenvalue weighted by atomic mass is 10.1. The van der Waals surface area contributed by atoms with E-state index in [9.17, 15) is 4.79 Å². The number of hydrogen-bond acceptors (Lipinski definition) is 2. The van der Waals surface area contributed by atoms with Crippen LogP contribution in [-0.4, -0.2) is 17.6 Å². The molecule has 0 radical (unpaired) electrons. The Kier molecular flexibility index (Phi) is 4.05. The van der Waals surface area contributed by atoms with Gasteiger partial charge in [-0.05, 0) is 38.8 Å². The summed E-state index contributed by atoms with van der Waals surface area (Å²) in [6.07, 6.45) is 3.45. The lowest BCUT2D eigenvalue weighted by Crippen LogP contribution is -2.07. The van der Waals surface area contributed by atoms with Gasteiger partial charge in [0.25, 0.3) is 0 Å². The predicted molar refractivity (Wildman–Crippen MR) is 77.5 cm³/mol. The number of aromatic amines is 1. The van der Waals surface area contributed by atoms with Crippen molar-refractivity contribution >= 4 is 16.9 Å². The van der Waals surface area contributed by atoms with Crippen molar-refractivity contribution in [2.45, 2.75) is 26.7 Å².